The Morgan fingerprint density at radius 3 is 2.57 bits per heavy atom. The van der Waals surface area contributed by atoms with E-state index < -0.39 is 10.0 Å². The number of amides is 2. The van der Waals surface area contributed by atoms with Gasteiger partial charge in [0, 0.05) is 30.7 Å². The lowest BCUT2D eigenvalue weighted by atomic mass is 10.1. The molecule has 0 saturated carbocycles. The minimum Gasteiger partial charge on any atom is -0.399 e. The molecule has 0 unspecified atom stereocenters. The molecule has 1 aliphatic rings. The van der Waals surface area contributed by atoms with E-state index >= 15 is 0 Å². The zero-order chi connectivity index (χ0) is 16.6. The molecule has 23 heavy (non-hydrogen) atoms. The van der Waals surface area contributed by atoms with Crippen LogP contribution in [0.2, 0.25) is 0 Å². The molecule has 0 aromatic heterocycles. The third kappa shape index (κ3) is 3.07. The maximum Gasteiger partial charge on any atom is 0.321 e. The van der Waals surface area contributed by atoms with Crippen molar-refractivity contribution in [1.29, 1.82) is 0 Å². The van der Waals surface area contributed by atoms with Crippen LogP contribution in [0.4, 0.5) is 21.9 Å². The van der Waals surface area contributed by atoms with Crippen LogP contribution in [0.15, 0.2) is 47.4 Å². The Kier molecular flexibility index (Phi) is 3.61. The molecule has 0 bridgehead atoms. The summed E-state index contributed by atoms with van der Waals surface area (Å²) >= 11 is 0. The molecule has 2 amide bonds. The van der Waals surface area contributed by atoms with Gasteiger partial charge in [0.2, 0.25) is 0 Å². The van der Waals surface area contributed by atoms with E-state index in [1.54, 1.807) is 25.2 Å². The Labute approximate surface area is 134 Å². The molecule has 1 heterocycles. The SMILES string of the molecule is CN1Cc2cc(NS(=O)(=O)c3ccc(N)cc3)ccc2NC1=O. The second-order valence-electron chi connectivity index (χ2n) is 5.33. The van der Waals surface area contributed by atoms with Crippen LogP contribution >= 0.6 is 0 Å². The number of hydrogen-bond acceptors (Lipinski definition) is 4. The highest BCUT2D eigenvalue weighted by Crippen LogP contribution is 2.27. The summed E-state index contributed by atoms with van der Waals surface area (Å²) in [5.41, 5.74) is 8.02. The fraction of sp³-hybridized carbons (Fsp3) is 0.133. The molecule has 2 aromatic rings. The molecule has 4 N–H and O–H groups in total. The molecule has 120 valence electrons. The van der Waals surface area contributed by atoms with Crippen molar-refractivity contribution in [3.05, 3.63) is 48.0 Å². The third-order valence-electron chi connectivity index (χ3n) is 3.54. The number of rotatable bonds is 3. The predicted molar refractivity (Wildman–Crippen MR) is 88.6 cm³/mol. The molecule has 0 spiro atoms. The second kappa shape index (κ2) is 5.47. The Morgan fingerprint density at radius 1 is 1.17 bits per heavy atom. The Morgan fingerprint density at radius 2 is 1.87 bits per heavy atom. The van der Waals surface area contributed by atoms with Gasteiger partial charge in [0.05, 0.1) is 4.90 Å². The first-order valence-corrected chi connectivity index (χ1v) is 8.37. The molecule has 8 heteroatoms. The largest absolute Gasteiger partial charge is 0.399 e. The third-order valence-corrected chi connectivity index (χ3v) is 4.94. The van der Waals surface area contributed by atoms with E-state index in [0.717, 1.165) is 5.56 Å². The molecule has 1 aliphatic heterocycles. The summed E-state index contributed by atoms with van der Waals surface area (Å²) in [7, 11) is -2.02. The first-order chi connectivity index (χ1) is 10.8. The van der Waals surface area contributed by atoms with Gasteiger partial charge in [-0.3, -0.25) is 4.72 Å². The summed E-state index contributed by atoms with van der Waals surface area (Å²) in [6, 6.07) is 10.8. The lowest BCUT2D eigenvalue weighted by Crippen LogP contribution is -2.35. The van der Waals surface area contributed by atoms with Gasteiger partial charge in [-0.05, 0) is 48.0 Å². The highest BCUT2D eigenvalue weighted by molar-refractivity contribution is 7.92. The highest BCUT2D eigenvalue weighted by atomic mass is 32.2. The van der Waals surface area contributed by atoms with Crippen LogP contribution < -0.4 is 15.8 Å². The van der Waals surface area contributed by atoms with Crippen molar-refractivity contribution in [3.63, 3.8) is 0 Å². The van der Waals surface area contributed by atoms with Crippen molar-refractivity contribution in [3.8, 4) is 0 Å². The van der Waals surface area contributed by atoms with E-state index in [1.165, 1.54) is 29.2 Å². The molecular weight excluding hydrogens is 316 g/mol. The van der Waals surface area contributed by atoms with Crippen LogP contribution in [0.25, 0.3) is 0 Å². The van der Waals surface area contributed by atoms with Crippen LogP contribution in [0.5, 0.6) is 0 Å². The molecule has 0 radical (unpaired) electrons. The fourth-order valence-electron chi connectivity index (χ4n) is 2.31. The van der Waals surface area contributed by atoms with Gasteiger partial charge < -0.3 is 16.0 Å². The van der Waals surface area contributed by atoms with Gasteiger partial charge in [0.15, 0.2) is 0 Å². The topological polar surface area (TPSA) is 105 Å². The van der Waals surface area contributed by atoms with E-state index in [4.69, 9.17) is 5.73 Å². The van der Waals surface area contributed by atoms with Crippen LogP contribution in [0.3, 0.4) is 0 Å². The van der Waals surface area contributed by atoms with E-state index in [2.05, 4.69) is 10.0 Å². The predicted octanol–water partition coefficient (Wildman–Crippen LogP) is 2.05. The van der Waals surface area contributed by atoms with Crippen molar-refractivity contribution in [2.24, 2.45) is 0 Å². The van der Waals surface area contributed by atoms with Crippen LogP contribution in [-0.4, -0.2) is 26.4 Å². The molecule has 3 rings (SSSR count). The number of carbonyl (C=O) groups is 1. The van der Waals surface area contributed by atoms with E-state index in [9.17, 15) is 13.2 Å². The number of fused-ring (bicyclic) bond motifs is 1. The van der Waals surface area contributed by atoms with Crippen molar-refractivity contribution in [1.82, 2.24) is 4.90 Å². The molecule has 7 nitrogen and oxygen atoms in total. The zero-order valence-corrected chi connectivity index (χ0v) is 13.2. The maximum absolute atomic E-state index is 12.4. The van der Waals surface area contributed by atoms with Crippen LogP contribution in [0.1, 0.15) is 5.56 Å². The van der Waals surface area contributed by atoms with Crippen molar-refractivity contribution in [2.45, 2.75) is 11.4 Å². The lowest BCUT2D eigenvalue weighted by molar-refractivity contribution is 0.218. The van der Waals surface area contributed by atoms with Gasteiger partial charge >= 0.3 is 6.03 Å². The number of nitrogens with one attached hydrogen (secondary N) is 2. The van der Waals surface area contributed by atoms with E-state index in [1.807, 2.05) is 0 Å². The Hall–Kier alpha value is -2.74. The zero-order valence-electron chi connectivity index (χ0n) is 12.4. The van der Waals surface area contributed by atoms with Gasteiger partial charge in [-0.2, -0.15) is 0 Å². The number of nitrogens with two attached hydrogens (primary N) is 1. The Balaban J connectivity index is 1.87. The molecule has 0 atom stereocenters. The normalized spacial score (nSPS) is 14.1. The average molecular weight is 332 g/mol. The molecule has 0 fully saturated rings. The molecule has 2 aromatic carbocycles. The van der Waals surface area contributed by atoms with Gasteiger partial charge in [0.25, 0.3) is 10.0 Å². The smallest absolute Gasteiger partial charge is 0.321 e. The van der Waals surface area contributed by atoms with Crippen molar-refractivity contribution >= 4 is 33.1 Å². The number of nitrogen functional groups attached to an aromatic ring is 1. The molecule has 0 aliphatic carbocycles. The quantitative estimate of drug-likeness (QED) is 0.748. The first-order valence-electron chi connectivity index (χ1n) is 6.88. The summed E-state index contributed by atoms with van der Waals surface area (Å²) < 4.78 is 27.3. The minimum absolute atomic E-state index is 0.134. The average Bonchev–Trinajstić information content (AvgIpc) is 2.49. The van der Waals surface area contributed by atoms with Gasteiger partial charge in [-0.1, -0.05) is 0 Å². The number of nitrogens with zero attached hydrogens (tertiary/aromatic N) is 1. The lowest BCUT2D eigenvalue weighted by Gasteiger charge is -2.26. The van der Waals surface area contributed by atoms with Gasteiger partial charge in [0.1, 0.15) is 0 Å². The number of benzene rings is 2. The molecule has 0 saturated heterocycles. The Bertz CT molecular complexity index is 863. The molecular formula is C15H16N4O3S. The van der Waals surface area contributed by atoms with E-state index in [-0.39, 0.29) is 10.9 Å². The summed E-state index contributed by atoms with van der Waals surface area (Å²) in [5, 5.41) is 2.73. The number of anilines is 3. The van der Waals surface area contributed by atoms with E-state index in [0.29, 0.717) is 23.6 Å². The summed E-state index contributed by atoms with van der Waals surface area (Å²) in [5.74, 6) is 0. The standard InChI is InChI=1S/C15H16N4O3S/c1-19-9-10-8-12(4-7-14(10)17-15(19)20)18-23(21,22)13-5-2-11(16)3-6-13/h2-8,18H,9,16H2,1H3,(H,17,20). The fourth-order valence-corrected chi connectivity index (χ4v) is 3.36. The van der Waals surface area contributed by atoms with Crippen molar-refractivity contribution in [2.75, 3.05) is 22.8 Å². The van der Waals surface area contributed by atoms with Gasteiger partial charge in [-0.15, -0.1) is 0 Å². The number of sulfonamides is 1. The number of urea groups is 1. The second-order valence-corrected chi connectivity index (χ2v) is 7.02. The van der Waals surface area contributed by atoms with Crippen molar-refractivity contribution < 1.29 is 13.2 Å². The van der Waals surface area contributed by atoms with Crippen LogP contribution in [-0.2, 0) is 16.6 Å². The summed E-state index contributed by atoms with van der Waals surface area (Å²) in [6.45, 7) is 0.415. The van der Waals surface area contributed by atoms with Gasteiger partial charge in [-0.25, -0.2) is 13.2 Å². The maximum atomic E-state index is 12.4. The number of hydrogen-bond donors (Lipinski definition) is 3. The first kappa shape index (κ1) is 15.2. The monoisotopic (exact) mass is 332 g/mol. The summed E-state index contributed by atoms with van der Waals surface area (Å²) in [4.78, 5) is 13.2. The highest BCUT2D eigenvalue weighted by Gasteiger charge is 2.20. The minimum atomic E-state index is -3.69. The number of carbonyl (C=O) groups excluding carboxylic acids is 1. The van der Waals surface area contributed by atoms with Crippen LogP contribution in [0, 0.1) is 0 Å². The summed E-state index contributed by atoms with van der Waals surface area (Å²) in [6.07, 6.45) is 0.